The number of likely N-dealkylation sites (tertiary alicyclic amines) is 1. The second kappa shape index (κ2) is 6.70. The van der Waals surface area contributed by atoms with Crippen LogP contribution in [0.2, 0.25) is 0 Å². The van der Waals surface area contributed by atoms with Gasteiger partial charge in [0.2, 0.25) is 11.8 Å². The van der Waals surface area contributed by atoms with Crippen molar-refractivity contribution in [3.05, 3.63) is 29.6 Å². The minimum Gasteiger partial charge on any atom is -0.341 e. The van der Waals surface area contributed by atoms with E-state index in [1.165, 1.54) is 23.1 Å². The Labute approximate surface area is 151 Å². The number of carbonyl (C=O) groups excluding carboxylic acids is 3. The molecular weight excluding hydrogens is 337 g/mol. The lowest BCUT2D eigenvalue weighted by molar-refractivity contribution is -0.132. The number of fused-ring (bicyclic) bond motifs is 2. The van der Waals surface area contributed by atoms with Gasteiger partial charge in [-0.15, -0.1) is 0 Å². The molecule has 0 bridgehead atoms. The highest BCUT2D eigenvalue weighted by Crippen LogP contribution is 2.33. The van der Waals surface area contributed by atoms with Crippen molar-refractivity contribution >= 4 is 23.4 Å². The molecule has 1 aromatic rings. The quantitative estimate of drug-likeness (QED) is 0.809. The average Bonchev–Trinajstić information content (AvgIpc) is 3.13. The molecule has 7 heteroatoms. The lowest BCUT2D eigenvalue weighted by Gasteiger charge is -2.31. The molecule has 0 saturated carbocycles. The van der Waals surface area contributed by atoms with Gasteiger partial charge in [-0.1, -0.05) is 0 Å². The molecule has 26 heavy (non-hydrogen) atoms. The van der Waals surface area contributed by atoms with Crippen LogP contribution in [-0.2, 0) is 9.59 Å². The Bertz CT molecular complexity index is 760. The Morgan fingerprint density at radius 1 is 1.08 bits per heavy atom. The van der Waals surface area contributed by atoms with Gasteiger partial charge >= 0.3 is 0 Å². The maximum absolute atomic E-state index is 13.9. The molecule has 6 nitrogen and oxygen atoms in total. The van der Waals surface area contributed by atoms with E-state index in [0.717, 1.165) is 25.7 Å². The van der Waals surface area contributed by atoms with Crippen LogP contribution in [0.25, 0.3) is 0 Å². The molecule has 138 valence electrons. The molecule has 3 heterocycles. The highest BCUT2D eigenvalue weighted by atomic mass is 19.1. The number of anilines is 1. The van der Waals surface area contributed by atoms with Gasteiger partial charge in [0, 0.05) is 19.6 Å². The van der Waals surface area contributed by atoms with Gasteiger partial charge in [0.05, 0.1) is 11.3 Å². The summed E-state index contributed by atoms with van der Waals surface area (Å²) in [4.78, 5) is 43.3. The second-order valence-corrected chi connectivity index (χ2v) is 7.18. The van der Waals surface area contributed by atoms with Gasteiger partial charge in [-0.25, -0.2) is 4.39 Å². The number of carbonyl (C=O) groups is 3. The lowest BCUT2D eigenvalue weighted by atomic mass is 10.1. The molecule has 1 aromatic carbocycles. The van der Waals surface area contributed by atoms with E-state index in [4.69, 9.17) is 0 Å². The Hall–Kier alpha value is -2.44. The number of amides is 3. The molecule has 2 fully saturated rings. The SMILES string of the molecule is O=C(CN1C(=O)C2CCCN2C(=O)c2ccc(F)cc21)N1CCCCC1. The molecule has 3 aliphatic rings. The van der Waals surface area contributed by atoms with Crippen molar-refractivity contribution in [3.8, 4) is 0 Å². The van der Waals surface area contributed by atoms with Crippen LogP contribution in [0.3, 0.4) is 0 Å². The third-order valence-corrected chi connectivity index (χ3v) is 5.55. The van der Waals surface area contributed by atoms with Gasteiger partial charge in [0.15, 0.2) is 0 Å². The van der Waals surface area contributed by atoms with Gasteiger partial charge in [-0.2, -0.15) is 0 Å². The van der Waals surface area contributed by atoms with Crippen LogP contribution < -0.4 is 4.90 Å². The van der Waals surface area contributed by atoms with E-state index in [2.05, 4.69) is 0 Å². The molecule has 0 N–H and O–H groups in total. The predicted molar refractivity (Wildman–Crippen MR) is 93.2 cm³/mol. The Balaban J connectivity index is 1.70. The summed E-state index contributed by atoms with van der Waals surface area (Å²) >= 11 is 0. The normalized spacial score (nSPS) is 23.0. The first-order valence-corrected chi connectivity index (χ1v) is 9.26. The molecule has 0 aliphatic carbocycles. The average molecular weight is 359 g/mol. The molecular formula is C19H22FN3O3. The zero-order valence-corrected chi connectivity index (χ0v) is 14.6. The predicted octanol–water partition coefficient (Wildman–Crippen LogP) is 1.79. The molecule has 1 unspecified atom stereocenters. The molecule has 0 radical (unpaired) electrons. The zero-order chi connectivity index (χ0) is 18.3. The lowest BCUT2D eigenvalue weighted by Crippen LogP contribution is -2.49. The van der Waals surface area contributed by atoms with E-state index < -0.39 is 11.9 Å². The first kappa shape index (κ1) is 17.0. The van der Waals surface area contributed by atoms with Crippen LogP contribution in [-0.4, -0.2) is 59.7 Å². The number of piperidine rings is 1. The molecule has 0 aromatic heterocycles. The molecule has 2 saturated heterocycles. The van der Waals surface area contributed by atoms with E-state index in [0.29, 0.717) is 26.1 Å². The van der Waals surface area contributed by atoms with Crippen molar-refractivity contribution in [2.45, 2.75) is 38.1 Å². The molecule has 1 atom stereocenters. The number of hydrogen-bond donors (Lipinski definition) is 0. The van der Waals surface area contributed by atoms with Crippen LogP contribution in [0.1, 0.15) is 42.5 Å². The monoisotopic (exact) mass is 359 g/mol. The van der Waals surface area contributed by atoms with Gasteiger partial charge in [0.25, 0.3) is 5.91 Å². The van der Waals surface area contributed by atoms with E-state index in [-0.39, 0.29) is 35.5 Å². The topological polar surface area (TPSA) is 60.9 Å². The fourth-order valence-electron chi connectivity index (χ4n) is 4.17. The zero-order valence-electron chi connectivity index (χ0n) is 14.6. The van der Waals surface area contributed by atoms with E-state index in [1.54, 1.807) is 9.80 Å². The molecule has 0 spiro atoms. The van der Waals surface area contributed by atoms with Crippen LogP contribution >= 0.6 is 0 Å². The van der Waals surface area contributed by atoms with Crippen molar-refractivity contribution in [2.24, 2.45) is 0 Å². The maximum atomic E-state index is 13.9. The van der Waals surface area contributed by atoms with Gasteiger partial charge in [-0.05, 0) is 50.3 Å². The smallest absolute Gasteiger partial charge is 0.256 e. The fraction of sp³-hybridized carbons (Fsp3) is 0.526. The van der Waals surface area contributed by atoms with Crippen molar-refractivity contribution in [2.75, 3.05) is 31.1 Å². The third kappa shape index (κ3) is 2.85. The van der Waals surface area contributed by atoms with E-state index in [9.17, 15) is 18.8 Å². The van der Waals surface area contributed by atoms with Gasteiger partial charge in [-0.3, -0.25) is 14.4 Å². The molecule has 3 aliphatic heterocycles. The Kier molecular flexibility index (Phi) is 4.38. The number of benzene rings is 1. The third-order valence-electron chi connectivity index (χ3n) is 5.55. The van der Waals surface area contributed by atoms with Crippen molar-refractivity contribution < 1.29 is 18.8 Å². The minimum absolute atomic E-state index is 0.146. The van der Waals surface area contributed by atoms with Crippen molar-refractivity contribution in [1.82, 2.24) is 9.80 Å². The van der Waals surface area contributed by atoms with Crippen molar-refractivity contribution in [1.29, 1.82) is 0 Å². The van der Waals surface area contributed by atoms with Crippen LogP contribution in [0.4, 0.5) is 10.1 Å². The summed E-state index contributed by atoms with van der Waals surface area (Å²) in [6, 6.07) is 3.27. The molecule has 3 amide bonds. The standard InChI is InChI=1S/C19H22FN3O3/c20-13-6-7-14-16(11-13)23(12-17(24)21-8-2-1-3-9-21)19(26)15-5-4-10-22(15)18(14)25/h6-7,11,15H,1-5,8-10,12H2. The first-order valence-electron chi connectivity index (χ1n) is 9.26. The minimum atomic E-state index is -0.563. The second-order valence-electron chi connectivity index (χ2n) is 7.18. The summed E-state index contributed by atoms with van der Waals surface area (Å²) < 4.78 is 13.9. The van der Waals surface area contributed by atoms with Gasteiger partial charge in [0.1, 0.15) is 18.4 Å². The maximum Gasteiger partial charge on any atom is 0.256 e. The number of rotatable bonds is 2. The largest absolute Gasteiger partial charge is 0.341 e. The fourth-order valence-corrected chi connectivity index (χ4v) is 4.17. The highest BCUT2D eigenvalue weighted by molar-refractivity contribution is 6.12. The van der Waals surface area contributed by atoms with Crippen molar-refractivity contribution in [3.63, 3.8) is 0 Å². The van der Waals surface area contributed by atoms with Crippen LogP contribution in [0.15, 0.2) is 18.2 Å². The highest BCUT2D eigenvalue weighted by Gasteiger charge is 2.42. The number of nitrogens with zero attached hydrogens (tertiary/aromatic N) is 3. The molecule has 4 rings (SSSR count). The summed E-state index contributed by atoms with van der Waals surface area (Å²) in [7, 11) is 0. The Morgan fingerprint density at radius 2 is 1.85 bits per heavy atom. The van der Waals surface area contributed by atoms with E-state index >= 15 is 0 Å². The first-order chi connectivity index (χ1) is 12.6. The van der Waals surface area contributed by atoms with E-state index in [1.807, 2.05) is 0 Å². The summed E-state index contributed by atoms with van der Waals surface area (Å²) in [5, 5.41) is 0. The summed E-state index contributed by atoms with van der Waals surface area (Å²) in [5.74, 6) is -1.22. The summed E-state index contributed by atoms with van der Waals surface area (Å²) in [6.07, 6.45) is 4.35. The number of hydrogen-bond acceptors (Lipinski definition) is 3. The summed E-state index contributed by atoms with van der Waals surface area (Å²) in [6.45, 7) is 1.74. The summed E-state index contributed by atoms with van der Waals surface area (Å²) in [5.41, 5.74) is 0.496. The van der Waals surface area contributed by atoms with Gasteiger partial charge < -0.3 is 14.7 Å². The number of halogens is 1. The van der Waals surface area contributed by atoms with Crippen LogP contribution in [0.5, 0.6) is 0 Å². The van der Waals surface area contributed by atoms with Crippen LogP contribution in [0, 0.1) is 5.82 Å². The Morgan fingerprint density at radius 3 is 2.62 bits per heavy atom.